The summed E-state index contributed by atoms with van der Waals surface area (Å²) in [5, 5.41) is 11.6. The summed E-state index contributed by atoms with van der Waals surface area (Å²) in [5.74, 6) is -3.35. The molecule has 4 rings (SSSR count). The number of amides is 1. The van der Waals surface area contributed by atoms with Gasteiger partial charge in [-0.3, -0.25) is 9.48 Å². The fourth-order valence-corrected chi connectivity index (χ4v) is 2.99. The van der Waals surface area contributed by atoms with Gasteiger partial charge in [0.2, 0.25) is 5.65 Å². The molecule has 0 radical (unpaired) electrons. The van der Waals surface area contributed by atoms with Crippen LogP contribution in [0.15, 0.2) is 16.9 Å². The van der Waals surface area contributed by atoms with E-state index in [4.69, 9.17) is 5.73 Å². The van der Waals surface area contributed by atoms with Gasteiger partial charge in [-0.05, 0) is 23.3 Å². The van der Waals surface area contributed by atoms with Crippen LogP contribution in [0.1, 0.15) is 28.2 Å². The van der Waals surface area contributed by atoms with Crippen molar-refractivity contribution in [1.82, 2.24) is 30.0 Å². The van der Waals surface area contributed by atoms with Crippen molar-refractivity contribution in [3.05, 3.63) is 29.2 Å². The maximum atomic E-state index is 13.3. The molecular formula is C15H15F2N7O2. The number of hydrogen-bond donors (Lipinski definition) is 1. The summed E-state index contributed by atoms with van der Waals surface area (Å²) >= 11 is 0. The van der Waals surface area contributed by atoms with E-state index in [1.807, 2.05) is 0 Å². The number of fused-ring (bicyclic) bond motifs is 1. The Labute approximate surface area is 145 Å². The van der Waals surface area contributed by atoms with Crippen molar-refractivity contribution < 1.29 is 18.2 Å². The molecule has 11 heteroatoms. The zero-order valence-corrected chi connectivity index (χ0v) is 13.8. The molecule has 1 fully saturated rings. The number of alkyl halides is 2. The first-order valence-electron chi connectivity index (χ1n) is 7.92. The minimum Gasteiger partial charge on any atom is -0.396 e. The number of pyridine rings is 1. The first kappa shape index (κ1) is 16.4. The van der Waals surface area contributed by atoms with Crippen LogP contribution in [0.25, 0.3) is 11.2 Å². The second kappa shape index (κ2) is 5.71. The summed E-state index contributed by atoms with van der Waals surface area (Å²) in [7, 11) is 0. The van der Waals surface area contributed by atoms with Gasteiger partial charge in [0.25, 0.3) is 11.8 Å². The fourth-order valence-electron chi connectivity index (χ4n) is 2.99. The zero-order chi connectivity index (χ0) is 18.5. The van der Waals surface area contributed by atoms with Gasteiger partial charge in [0.1, 0.15) is 5.69 Å². The first-order valence-corrected chi connectivity index (χ1v) is 7.92. The summed E-state index contributed by atoms with van der Waals surface area (Å²) in [5.41, 5.74) is 8.56. The van der Waals surface area contributed by atoms with Gasteiger partial charge in [0, 0.05) is 30.4 Å². The first-order chi connectivity index (χ1) is 12.3. The van der Waals surface area contributed by atoms with Gasteiger partial charge in [0.15, 0.2) is 5.52 Å². The van der Waals surface area contributed by atoms with Crippen LogP contribution in [0, 0.1) is 6.92 Å². The van der Waals surface area contributed by atoms with Crippen molar-refractivity contribution in [2.24, 2.45) is 0 Å². The zero-order valence-electron chi connectivity index (χ0n) is 13.8. The fraction of sp³-hybridized carbons (Fsp3) is 0.400. The molecule has 0 saturated carbocycles. The van der Waals surface area contributed by atoms with E-state index in [-0.39, 0.29) is 25.2 Å². The Morgan fingerprint density at radius 1 is 1.42 bits per heavy atom. The minimum atomic E-state index is -2.84. The molecular weight excluding hydrogens is 348 g/mol. The van der Waals surface area contributed by atoms with Crippen LogP contribution in [0.5, 0.6) is 0 Å². The highest BCUT2D eigenvalue weighted by atomic mass is 19.3. The number of nitrogen functional groups attached to an aromatic ring is 1. The van der Waals surface area contributed by atoms with E-state index in [2.05, 4.69) is 25.0 Å². The highest BCUT2D eigenvalue weighted by Crippen LogP contribution is 2.28. The third-order valence-electron chi connectivity index (χ3n) is 4.40. The molecule has 0 aromatic carbocycles. The minimum absolute atomic E-state index is 0.0183. The molecule has 9 nitrogen and oxygen atoms in total. The summed E-state index contributed by atoms with van der Waals surface area (Å²) in [4.78, 5) is 17.7. The van der Waals surface area contributed by atoms with Crippen molar-refractivity contribution in [2.75, 3.05) is 18.8 Å². The van der Waals surface area contributed by atoms with E-state index < -0.39 is 18.4 Å². The molecule has 3 aromatic heterocycles. The highest BCUT2D eigenvalue weighted by Gasteiger charge is 2.40. The van der Waals surface area contributed by atoms with Gasteiger partial charge < -0.3 is 10.6 Å². The Morgan fingerprint density at radius 3 is 2.96 bits per heavy atom. The third kappa shape index (κ3) is 2.74. The van der Waals surface area contributed by atoms with Crippen LogP contribution < -0.4 is 5.73 Å². The van der Waals surface area contributed by atoms with Crippen LogP contribution in [0.3, 0.4) is 0 Å². The van der Waals surface area contributed by atoms with E-state index >= 15 is 0 Å². The second-order valence-electron chi connectivity index (χ2n) is 6.26. The number of carbonyl (C=O) groups is 1. The number of nitrogens with two attached hydrogens (primary N) is 1. The Balaban J connectivity index is 1.57. The summed E-state index contributed by atoms with van der Waals surface area (Å²) in [6.45, 7) is 1.45. The molecule has 1 saturated heterocycles. The van der Waals surface area contributed by atoms with Gasteiger partial charge in [-0.2, -0.15) is 5.10 Å². The lowest BCUT2D eigenvalue weighted by molar-refractivity contribution is 0.0119. The number of anilines is 1. The number of hydrogen-bond acceptors (Lipinski definition) is 7. The topological polar surface area (TPSA) is 116 Å². The molecule has 1 aliphatic heterocycles. The number of aromatic nitrogens is 5. The smallest absolute Gasteiger partial charge is 0.274 e. The van der Waals surface area contributed by atoms with Gasteiger partial charge in [0.05, 0.1) is 18.8 Å². The van der Waals surface area contributed by atoms with E-state index in [1.165, 1.54) is 10.7 Å². The van der Waals surface area contributed by atoms with Gasteiger partial charge in [-0.15, -0.1) is 0 Å². The molecule has 0 bridgehead atoms. The number of nitrogens with zero attached hydrogens (tertiary/aromatic N) is 6. The predicted octanol–water partition coefficient (Wildman–Crippen LogP) is 1.23. The number of likely N-dealkylation sites (tertiary alicyclic amines) is 1. The number of aryl methyl sites for hydroxylation is 1. The summed E-state index contributed by atoms with van der Waals surface area (Å²) in [6, 6.07) is 1.49. The van der Waals surface area contributed by atoms with Crippen molar-refractivity contribution in [1.29, 1.82) is 0 Å². The summed E-state index contributed by atoms with van der Waals surface area (Å²) < 4.78 is 32.7. The Kier molecular flexibility index (Phi) is 3.60. The molecule has 1 aliphatic rings. The Hall–Kier alpha value is -3.11. The molecule has 1 amide bonds. The molecule has 0 atom stereocenters. The Morgan fingerprint density at radius 2 is 2.23 bits per heavy atom. The molecule has 0 aliphatic carbocycles. The lowest BCUT2D eigenvalue weighted by atomic mass is 10.1. The SMILES string of the molecule is Cc1nc2nonc2c(N)c1Cn1ccc(C(=O)N2CCC(F)(F)C2)n1. The Bertz CT molecular complexity index is 997. The monoisotopic (exact) mass is 363 g/mol. The van der Waals surface area contributed by atoms with E-state index in [0.29, 0.717) is 28.1 Å². The molecule has 0 spiro atoms. The van der Waals surface area contributed by atoms with Gasteiger partial charge in [-0.25, -0.2) is 18.4 Å². The van der Waals surface area contributed by atoms with Crippen LogP contribution >= 0.6 is 0 Å². The normalized spacial score (nSPS) is 16.5. The molecule has 2 N–H and O–H groups in total. The van der Waals surface area contributed by atoms with Crippen LogP contribution in [-0.4, -0.2) is 54.9 Å². The van der Waals surface area contributed by atoms with Gasteiger partial charge >= 0.3 is 0 Å². The summed E-state index contributed by atoms with van der Waals surface area (Å²) in [6.07, 6.45) is 1.26. The molecule has 26 heavy (non-hydrogen) atoms. The van der Waals surface area contributed by atoms with E-state index in [0.717, 1.165) is 4.90 Å². The lowest BCUT2D eigenvalue weighted by Gasteiger charge is -2.14. The van der Waals surface area contributed by atoms with Crippen molar-refractivity contribution in [3.8, 4) is 0 Å². The highest BCUT2D eigenvalue weighted by molar-refractivity contribution is 5.92. The largest absolute Gasteiger partial charge is 0.396 e. The van der Waals surface area contributed by atoms with Crippen molar-refractivity contribution in [3.63, 3.8) is 0 Å². The number of carbonyl (C=O) groups excluding carboxylic acids is 1. The number of rotatable bonds is 3. The molecule has 0 unspecified atom stereocenters. The quantitative estimate of drug-likeness (QED) is 0.744. The standard InChI is InChI=1S/C15H15F2N7O2/c1-8-9(11(18)12-13(19-8)22-26-21-12)6-24-4-2-10(20-24)14(25)23-5-3-15(16,17)7-23/h2,4H,3,5-7,18H2,1H3. The molecule has 136 valence electrons. The van der Waals surface area contributed by atoms with Crippen molar-refractivity contribution in [2.45, 2.75) is 25.8 Å². The maximum Gasteiger partial charge on any atom is 0.274 e. The average molecular weight is 363 g/mol. The van der Waals surface area contributed by atoms with Gasteiger partial charge in [-0.1, -0.05) is 0 Å². The predicted molar refractivity (Wildman–Crippen MR) is 85.5 cm³/mol. The second-order valence-corrected chi connectivity index (χ2v) is 6.26. The van der Waals surface area contributed by atoms with Crippen LogP contribution in [0.2, 0.25) is 0 Å². The van der Waals surface area contributed by atoms with Crippen LogP contribution in [-0.2, 0) is 6.54 Å². The molecule has 3 aromatic rings. The van der Waals surface area contributed by atoms with E-state index in [9.17, 15) is 13.6 Å². The average Bonchev–Trinajstić information content (AvgIpc) is 3.30. The number of halogens is 2. The van der Waals surface area contributed by atoms with Crippen molar-refractivity contribution >= 4 is 22.8 Å². The lowest BCUT2D eigenvalue weighted by Crippen LogP contribution is -2.31. The van der Waals surface area contributed by atoms with E-state index in [1.54, 1.807) is 13.1 Å². The molecule has 4 heterocycles. The third-order valence-corrected chi connectivity index (χ3v) is 4.40. The maximum absolute atomic E-state index is 13.3. The van der Waals surface area contributed by atoms with Crippen LogP contribution in [0.4, 0.5) is 14.5 Å².